The third-order valence-corrected chi connectivity index (χ3v) is 4.54. The van der Waals surface area contributed by atoms with Crippen molar-refractivity contribution in [3.8, 4) is 0 Å². The molecule has 0 aliphatic carbocycles. The maximum atomic E-state index is 12.4. The van der Waals surface area contributed by atoms with Crippen molar-refractivity contribution in [3.63, 3.8) is 0 Å². The number of carbonyl (C=O) groups excluding carboxylic acids is 1. The molecule has 1 aliphatic heterocycles. The first kappa shape index (κ1) is 15.7. The number of anilines is 1. The number of piperidine rings is 1. The molecule has 3 heterocycles. The molecule has 2 aromatic rings. The number of amides is 1. The van der Waals surface area contributed by atoms with Crippen LogP contribution in [0.15, 0.2) is 22.9 Å². The molecule has 23 heavy (non-hydrogen) atoms. The summed E-state index contributed by atoms with van der Waals surface area (Å²) in [4.78, 5) is 14.7. The van der Waals surface area contributed by atoms with Gasteiger partial charge in [-0.3, -0.25) is 14.4 Å². The van der Waals surface area contributed by atoms with Crippen molar-refractivity contribution < 1.29 is 9.32 Å². The third kappa shape index (κ3) is 3.44. The van der Waals surface area contributed by atoms with Gasteiger partial charge in [-0.25, -0.2) is 0 Å². The highest BCUT2D eigenvalue weighted by atomic mass is 16.5. The molecule has 1 aliphatic rings. The van der Waals surface area contributed by atoms with Gasteiger partial charge >= 0.3 is 0 Å². The van der Waals surface area contributed by atoms with Crippen molar-refractivity contribution in [2.24, 2.45) is 7.05 Å². The summed E-state index contributed by atoms with van der Waals surface area (Å²) in [5.41, 5.74) is 1.23. The molecule has 7 heteroatoms. The highest BCUT2D eigenvalue weighted by molar-refractivity contribution is 5.93. The lowest BCUT2D eigenvalue weighted by atomic mass is 9.93. The number of hydrogen-bond acceptors (Lipinski definition) is 5. The Hall–Kier alpha value is -2.15. The van der Waals surface area contributed by atoms with Crippen LogP contribution in [-0.2, 0) is 11.8 Å². The Morgan fingerprint density at radius 2 is 2.35 bits per heavy atom. The van der Waals surface area contributed by atoms with Crippen molar-refractivity contribution in [1.82, 2.24) is 19.8 Å². The van der Waals surface area contributed by atoms with Gasteiger partial charge in [-0.1, -0.05) is 5.16 Å². The van der Waals surface area contributed by atoms with Crippen LogP contribution in [0.1, 0.15) is 37.1 Å². The fourth-order valence-electron chi connectivity index (χ4n) is 3.21. The predicted molar refractivity (Wildman–Crippen MR) is 86.1 cm³/mol. The first-order valence-electron chi connectivity index (χ1n) is 8.00. The third-order valence-electron chi connectivity index (χ3n) is 4.54. The molecule has 124 valence electrons. The summed E-state index contributed by atoms with van der Waals surface area (Å²) in [6.07, 6.45) is 4.04. The molecule has 0 unspecified atom stereocenters. The second-order valence-corrected chi connectivity index (χ2v) is 6.20. The molecule has 0 bridgehead atoms. The zero-order chi connectivity index (χ0) is 16.4. The lowest BCUT2D eigenvalue weighted by molar-refractivity contribution is -0.121. The molecule has 0 radical (unpaired) electrons. The molecule has 3 rings (SSSR count). The maximum Gasteiger partial charge on any atom is 0.242 e. The number of aryl methyl sites for hydroxylation is 2. The molecule has 1 N–H and O–H groups in total. The number of nitrogens with zero attached hydrogens (tertiary/aromatic N) is 4. The Morgan fingerprint density at radius 3 is 3.00 bits per heavy atom. The van der Waals surface area contributed by atoms with Crippen molar-refractivity contribution in [2.45, 2.75) is 38.6 Å². The van der Waals surface area contributed by atoms with Crippen molar-refractivity contribution in [1.29, 1.82) is 0 Å². The first-order valence-corrected chi connectivity index (χ1v) is 8.00. The summed E-state index contributed by atoms with van der Waals surface area (Å²) in [5, 5.41) is 10.9. The Labute approximate surface area is 135 Å². The summed E-state index contributed by atoms with van der Waals surface area (Å²) in [7, 11) is 1.97. The van der Waals surface area contributed by atoms with Crippen LogP contribution in [0.25, 0.3) is 0 Å². The zero-order valence-electron chi connectivity index (χ0n) is 13.8. The number of carbonyl (C=O) groups is 1. The van der Waals surface area contributed by atoms with Crippen LogP contribution in [0.2, 0.25) is 0 Å². The van der Waals surface area contributed by atoms with E-state index in [2.05, 4.69) is 26.5 Å². The summed E-state index contributed by atoms with van der Waals surface area (Å²) < 4.78 is 6.91. The average molecular weight is 317 g/mol. The number of aromatic nitrogens is 3. The molecule has 7 nitrogen and oxygen atoms in total. The van der Waals surface area contributed by atoms with Crippen LogP contribution in [0, 0.1) is 6.92 Å². The van der Waals surface area contributed by atoms with Crippen LogP contribution in [0.5, 0.6) is 0 Å². The zero-order valence-corrected chi connectivity index (χ0v) is 13.8. The van der Waals surface area contributed by atoms with E-state index < -0.39 is 0 Å². The Balaban J connectivity index is 1.63. The monoisotopic (exact) mass is 317 g/mol. The number of likely N-dealkylation sites (tertiary alicyclic amines) is 1. The minimum absolute atomic E-state index is 0.0519. The molecule has 0 saturated carbocycles. The molecule has 2 atom stereocenters. The number of nitrogens with one attached hydrogen (secondary N) is 1. The number of hydrogen-bond donors (Lipinski definition) is 1. The van der Waals surface area contributed by atoms with Gasteiger partial charge in [0.15, 0.2) is 5.82 Å². The van der Waals surface area contributed by atoms with Crippen LogP contribution in [-0.4, -0.2) is 44.9 Å². The lowest BCUT2D eigenvalue weighted by Gasteiger charge is -2.36. The van der Waals surface area contributed by atoms with E-state index in [9.17, 15) is 4.79 Å². The summed E-state index contributed by atoms with van der Waals surface area (Å²) in [5.74, 6) is 1.52. The lowest BCUT2D eigenvalue weighted by Crippen LogP contribution is -2.46. The molecule has 1 saturated heterocycles. The SMILES string of the molecule is Cc1cc(NC(=O)[C@@H](C)N2CCC[C@H](c3ccnn3C)C2)no1. The van der Waals surface area contributed by atoms with E-state index in [1.165, 1.54) is 5.69 Å². The van der Waals surface area contributed by atoms with Gasteiger partial charge in [0, 0.05) is 37.5 Å². The smallest absolute Gasteiger partial charge is 0.242 e. The molecular weight excluding hydrogens is 294 g/mol. The van der Waals surface area contributed by atoms with Gasteiger partial charge in [-0.2, -0.15) is 5.10 Å². The normalized spacial score (nSPS) is 20.4. The second kappa shape index (κ2) is 6.54. The Morgan fingerprint density at radius 1 is 1.52 bits per heavy atom. The van der Waals surface area contributed by atoms with Gasteiger partial charge in [0.1, 0.15) is 5.76 Å². The van der Waals surface area contributed by atoms with Gasteiger partial charge in [0.05, 0.1) is 6.04 Å². The topological polar surface area (TPSA) is 76.2 Å². The van der Waals surface area contributed by atoms with Crippen molar-refractivity contribution in [3.05, 3.63) is 29.8 Å². The molecule has 1 amide bonds. The van der Waals surface area contributed by atoms with Crippen LogP contribution in [0.4, 0.5) is 5.82 Å². The predicted octanol–water partition coefficient (Wildman–Crippen LogP) is 1.92. The largest absolute Gasteiger partial charge is 0.360 e. The van der Waals surface area contributed by atoms with Crippen LogP contribution in [0.3, 0.4) is 0 Å². The van der Waals surface area contributed by atoms with Crippen molar-refractivity contribution >= 4 is 11.7 Å². The van der Waals surface area contributed by atoms with E-state index >= 15 is 0 Å². The molecule has 0 spiro atoms. The highest BCUT2D eigenvalue weighted by Gasteiger charge is 2.29. The summed E-state index contributed by atoms with van der Waals surface area (Å²) in [6, 6.07) is 3.58. The number of rotatable bonds is 4. The summed E-state index contributed by atoms with van der Waals surface area (Å²) in [6.45, 7) is 5.54. The fraction of sp³-hybridized carbons (Fsp3) is 0.562. The quantitative estimate of drug-likeness (QED) is 0.932. The van der Waals surface area contributed by atoms with E-state index in [4.69, 9.17) is 4.52 Å². The van der Waals surface area contributed by atoms with Gasteiger partial charge in [-0.05, 0) is 39.3 Å². The van der Waals surface area contributed by atoms with Gasteiger partial charge in [-0.15, -0.1) is 0 Å². The van der Waals surface area contributed by atoms with E-state index in [-0.39, 0.29) is 11.9 Å². The molecule has 2 aromatic heterocycles. The minimum Gasteiger partial charge on any atom is -0.360 e. The fourth-order valence-corrected chi connectivity index (χ4v) is 3.21. The van der Waals surface area contributed by atoms with Gasteiger partial charge < -0.3 is 9.84 Å². The van der Waals surface area contributed by atoms with Gasteiger partial charge in [0.25, 0.3) is 0 Å². The highest BCUT2D eigenvalue weighted by Crippen LogP contribution is 2.27. The van der Waals surface area contributed by atoms with E-state index in [1.807, 2.05) is 24.9 Å². The van der Waals surface area contributed by atoms with E-state index in [0.29, 0.717) is 17.5 Å². The molecule has 1 fully saturated rings. The van der Waals surface area contributed by atoms with Gasteiger partial charge in [0.2, 0.25) is 5.91 Å². The minimum atomic E-state index is -0.206. The van der Waals surface area contributed by atoms with E-state index in [0.717, 1.165) is 25.9 Å². The Bertz CT molecular complexity index is 678. The second-order valence-electron chi connectivity index (χ2n) is 6.20. The average Bonchev–Trinajstić information content (AvgIpc) is 3.15. The Kier molecular flexibility index (Phi) is 4.47. The standard InChI is InChI=1S/C16H23N5O2/c1-11-9-15(19-23-11)18-16(22)12(2)21-8-4-5-13(10-21)14-6-7-17-20(14)3/h6-7,9,12-13H,4-5,8,10H2,1-3H3,(H,18,19,22)/t12-,13+/m1/s1. The summed E-state index contributed by atoms with van der Waals surface area (Å²) >= 11 is 0. The van der Waals surface area contributed by atoms with Crippen molar-refractivity contribution in [2.75, 3.05) is 18.4 Å². The van der Waals surface area contributed by atoms with Crippen LogP contribution < -0.4 is 5.32 Å². The maximum absolute atomic E-state index is 12.4. The molecule has 0 aromatic carbocycles. The van der Waals surface area contributed by atoms with Crippen LogP contribution >= 0.6 is 0 Å². The first-order chi connectivity index (χ1) is 11.0. The van der Waals surface area contributed by atoms with E-state index in [1.54, 1.807) is 13.0 Å². The molecular formula is C16H23N5O2.